The second kappa shape index (κ2) is 5.65. The highest BCUT2D eigenvalue weighted by atomic mass is 16.3. The van der Waals surface area contributed by atoms with Gasteiger partial charge in [0, 0.05) is 5.41 Å². The summed E-state index contributed by atoms with van der Waals surface area (Å²) in [5.74, 6) is 0. The molecule has 0 spiro atoms. The van der Waals surface area contributed by atoms with E-state index >= 15 is 0 Å². The van der Waals surface area contributed by atoms with Gasteiger partial charge in [-0.05, 0) is 37.8 Å². The van der Waals surface area contributed by atoms with Crippen LogP contribution in [-0.4, -0.2) is 5.11 Å². The Morgan fingerprint density at radius 3 is 2.05 bits per heavy atom. The summed E-state index contributed by atoms with van der Waals surface area (Å²) in [7, 11) is 0. The Labute approximate surface area is 127 Å². The maximum absolute atomic E-state index is 11.2. The smallest absolute Gasteiger partial charge is 0.0886 e. The number of rotatable bonds is 3. The molecule has 3 rings (SSSR count). The maximum atomic E-state index is 11.2. The highest BCUT2D eigenvalue weighted by molar-refractivity contribution is 5.36. The second-order valence-corrected chi connectivity index (χ2v) is 6.55. The molecule has 0 radical (unpaired) electrons. The van der Waals surface area contributed by atoms with Gasteiger partial charge in [0.15, 0.2) is 0 Å². The van der Waals surface area contributed by atoms with Crippen LogP contribution in [0.25, 0.3) is 0 Å². The van der Waals surface area contributed by atoms with E-state index in [0.29, 0.717) is 0 Å². The van der Waals surface area contributed by atoms with Gasteiger partial charge in [-0.1, -0.05) is 72.5 Å². The normalized spacial score (nSPS) is 18.6. The first kappa shape index (κ1) is 14.3. The molecule has 0 aromatic heterocycles. The van der Waals surface area contributed by atoms with Crippen LogP contribution in [0.5, 0.6) is 0 Å². The van der Waals surface area contributed by atoms with Gasteiger partial charge in [-0.3, -0.25) is 0 Å². The first-order valence-electron chi connectivity index (χ1n) is 7.94. The topological polar surface area (TPSA) is 20.2 Å². The second-order valence-electron chi connectivity index (χ2n) is 6.55. The van der Waals surface area contributed by atoms with Crippen molar-refractivity contribution >= 4 is 0 Å². The SMILES string of the molecule is Cc1cc(C)cc(C(O)C2(c3ccccc3)CCCC2)c1. The van der Waals surface area contributed by atoms with Crippen molar-refractivity contribution in [2.24, 2.45) is 0 Å². The van der Waals surface area contributed by atoms with Crippen molar-refractivity contribution in [3.05, 3.63) is 70.8 Å². The van der Waals surface area contributed by atoms with Gasteiger partial charge in [0.05, 0.1) is 6.10 Å². The van der Waals surface area contributed by atoms with Crippen molar-refractivity contribution in [1.82, 2.24) is 0 Å². The van der Waals surface area contributed by atoms with Crippen molar-refractivity contribution in [1.29, 1.82) is 0 Å². The molecule has 1 nitrogen and oxygen atoms in total. The zero-order valence-electron chi connectivity index (χ0n) is 13.0. The van der Waals surface area contributed by atoms with E-state index in [1.807, 2.05) is 0 Å². The molecule has 0 amide bonds. The molecule has 1 aliphatic carbocycles. The zero-order chi connectivity index (χ0) is 14.9. The minimum atomic E-state index is -0.416. The average molecular weight is 280 g/mol. The first-order valence-corrected chi connectivity index (χ1v) is 7.94. The molecule has 0 heterocycles. The third-order valence-corrected chi connectivity index (χ3v) is 4.93. The van der Waals surface area contributed by atoms with Gasteiger partial charge in [-0.25, -0.2) is 0 Å². The van der Waals surface area contributed by atoms with Crippen LogP contribution in [0.2, 0.25) is 0 Å². The first-order chi connectivity index (χ1) is 10.1. The maximum Gasteiger partial charge on any atom is 0.0886 e. The molecule has 21 heavy (non-hydrogen) atoms. The highest BCUT2D eigenvalue weighted by Crippen LogP contribution is 2.49. The molecule has 0 saturated heterocycles. The number of aryl methyl sites for hydroxylation is 2. The third kappa shape index (κ3) is 2.63. The molecule has 110 valence electrons. The number of aliphatic hydroxyl groups is 1. The molecule has 2 aromatic rings. The average Bonchev–Trinajstić information content (AvgIpc) is 2.97. The molecule has 1 unspecified atom stereocenters. The van der Waals surface area contributed by atoms with Crippen LogP contribution in [-0.2, 0) is 5.41 Å². The number of benzene rings is 2. The Morgan fingerprint density at radius 1 is 0.905 bits per heavy atom. The quantitative estimate of drug-likeness (QED) is 0.852. The van der Waals surface area contributed by atoms with Crippen LogP contribution in [0.15, 0.2) is 48.5 Å². The molecule has 1 atom stereocenters. The van der Waals surface area contributed by atoms with Gasteiger partial charge < -0.3 is 5.11 Å². The van der Waals surface area contributed by atoms with E-state index in [1.54, 1.807) is 0 Å². The number of hydrogen-bond donors (Lipinski definition) is 1. The minimum absolute atomic E-state index is 0.110. The lowest BCUT2D eigenvalue weighted by molar-refractivity contribution is 0.0821. The van der Waals surface area contributed by atoms with Crippen molar-refractivity contribution in [2.45, 2.75) is 51.0 Å². The molecule has 1 heteroatoms. The van der Waals surface area contributed by atoms with E-state index in [4.69, 9.17) is 0 Å². The Morgan fingerprint density at radius 2 is 1.48 bits per heavy atom. The van der Waals surface area contributed by atoms with Gasteiger partial charge in [-0.2, -0.15) is 0 Å². The molecule has 1 fully saturated rings. The molecule has 2 aromatic carbocycles. The van der Waals surface area contributed by atoms with Crippen LogP contribution in [0.4, 0.5) is 0 Å². The standard InChI is InChI=1S/C20H24O/c1-15-12-16(2)14-17(13-15)19(21)20(10-6-7-11-20)18-8-4-3-5-9-18/h3-5,8-9,12-14,19,21H,6-7,10-11H2,1-2H3. The Hall–Kier alpha value is -1.60. The van der Waals surface area contributed by atoms with Crippen LogP contribution in [0.1, 0.15) is 54.0 Å². The summed E-state index contributed by atoms with van der Waals surface area (Å²) in [6, 6.07) is 17.0. The van der Waals surface area contributed by atoms with E-state index in [0.717, 1.165) is 18.4 Å². The molecule has 1 saturated carbocycles. The van der Waals surface area contributed by atoms with Crippen LogP contribution < -0.4 is 0 Å². The van der Waals surface area contributed by atoms with Crippen molar-refractivity contribution < 1.29 is 5.11 Å². The Balaban J connectivity index is 2.05. The summed E-state index contributed by atoms with van der Waals surface area (Å²) in [6.45, 7) is 4.21. The van der Waals surface area contributed by atoms with Gasteiger partial charge in [0.25, 0.3) is 0 Å². The van der Waals surface area contributed by atoms with Crippen molar-refractivity contribution in [3.63, 3.8) is 0 Å². The fraction of sp³-hybridized carbons (Fsp3) is 0.400. The zero-order valence-corrected chi connectivity index (χ0v) is 13.0. The van der Waals surface area contributed by atoms with Crippen LogP contribution in [0, 0.1) is 13.8 Å². The lowest BCUT2D eigenvalue weighted by Gasteiger charge is -2.35. The molecule has 0 aliphatic heterocycles. The predicted octanol–water partition coefficient (Wildman–Crippen LogP) is 4.85. The van der Waals surface area contributed by atoms with Crippen molar-refractivity contribution in [3.8, 4) is 0 Å². The summed E-state index contributed by atoms with van der Waals surface area (Å²) in [5.41, 5.74) is 4.70. The summed E-state index contributed by atoms with van der Waals surface area (Å²) >= 11 is 0. The van der Waals surface area contributed by atoms with Gasteiger partial charge >= 0.3 is 0 Å². The molecular weight excluding hydrogens is 256 g/mol. The Kier molecular flexibility index (Phi) is 3.86. The van der Waals surface area contributed by atoms with E-state index in [-0.39, 0.29) is 5.41 Å². The summed E-state index contributed by atoms with van der Waals surface area (Å²) in [5, 5.41) is 11.2. The highest BCUT2D eigenvalue weighted by Gasteiger charge is 2.42. The monoisotopic (exact) mass is 280 g/mol. The number of hydrogen-bond acceptors (Lipinski definition) is 1. The van der Waals surface area contributed by atoms with Crippen molar-refractivity contribution in [2.75, 3.05) is 0 Å². The fourth-order valence-corrected chi connectivity index (χ4v) is 3.98. The third-order valence-electron chi connectivity index (χ3n) is 4.93. The molecular formula is C20H24O. The molecule has 1 N–H and O–H groups in total. The summed E-state index contributed by atoms with van der Waals surface area (Å²) in [6.07, 6.45) is 4.14. The number of aliphatic hydroxyl groups excluding tert-OH is 1. The lowest BCUT2D eigenvalue weighted by Crippen LogP contribution is -2.30. The largest absolute Gasteiger partial charge is 0.387 e. The molecule has 0 bridgehead atoms. The fourth-order valence-electron chi connectivity index (χ4n) is 3.98. The summed E-state index contributed by atoms with van der Waals surface area (Å²) in [4.78, 5) is 0. The predicted molar refractivity (Wildman–Crippen MR) is 87.5 cm³/mol. The van der Waals surface area contributed by atoms with E-state index in [2.05, 4.69) is 62.4 Å². The van der Waals surface area contributed by atoms with Gasteiger partial charge in [0.1, 0.15) is 0 Å². The Bertz CT molecular complexity index is 589. The summed E-state index contributed by atoms with van der Waals surface area (Å²) < 4.78 is 0. The van der Waals surface area contributed by atoms with Crippen LogP contribution in [0.3, 0.4) is 0 Å². The van der Waals surface area contributed by atoms with E-state index < -0.39 is 6.10 Å². The van der Waals surface area contributed by atoms with Gasteiger partial charge in [-0.15, -0.1) is 0 Å². The van der Waals surface area contributed by atoms with E-state index in [1.165, 1.54) is 29.5 Å². The molecule has 1 aliphatic rings. The van der Waals surface area contributed by atoms with Gasteiger partial charge in [0.2, 0.25) is 0 Å². The lowest BCUT2D eigenvalue weighted by atomic mass is 9.71. The van der Waals surface area contributed by atoms with Crippen LogP contribution >= 0.6 is 0 Å². The van der Waals surface area contributed by atoms with E-state index in [9.17, 15) is 5.11 Å². The minimum Gasteiger partial charge on any atom is -0.387 e.